The lowest BCUT2D eigenvalue weighted by Crippen LogP contribution is -2.60. The van der Waals surface area contributed by atoms with Gasteiger partial charge in [-0.3, -0.25) is 43.7 Å². The molecule has 57 heavy (non-hydrogen) atoms. The number of rotatable bonds is 22. The van der Waals surface area contributed by atoms with Crippen molar-refractivity contribution >= 4 is 53.0 Å². The number of esters is 1. The summed E-state index contributed by atoms with van der Waals surface area (Å²) in [5.41, 5.74) is 0.777. The van der Waals surface area contributed by atoms with Crippen LogP contribution in [0.15, 0.2) is 36.4 Å². The van der Waals surface area contributed by atoms with Crippen LogP contribution in [0.1, 0.15) is 73.5 Å². The summed E-state index contributed by atoms with van der Waals surface area (Å²) in [7, 11) is 0. The third-order valence-electron chi connectivity index (χ3n) is 8.42. The molecule has 0 aliphatic heterocycles. The number of phenols is 1. The number of nitro benzene ring substituents is 1. The van der Waals surface area contributed by atoms with Crippen molar-refractivity contribution in [2.75, 3.05) is 6.61 Å². The average Bonchev–Trinajstić information content (AvgIpc) is 3.10. The van der Waals surface area contributed by atoms with Crippen LogP contribution >= 0.6 is 0 Å². The first-order valence-electron chi connectivity index (χ1n) is 17.7. The predicted octanol–water partition coefficient (Wildman–Crippen LogP) is 0.591. The third-order valence-corrected chi connectivity index (χ3v) is 8.42. The number of aliphatic hydroxyl groups excluding tert-OH is 1. The number of nitro groups is 1. The minimum atomic E-state index is -1.89. The summed E-state index contributed by atoms with van der Waals surface area (Å²) in [4.78, 5) is 112. The van der Waals surface area contributed by atoms with Crippen LogP contribution in [-0.4, -0.2) is 110 Å². The van der Waals surface area contributed by atoms with Gasteiger partial charge >= 0.3 is 23.6 Å². The molecule has 8 N–H and O–H groups in total. The second-order valence-corrected chi connectivity index (χ2v) is 13.7. The molecule has 5 atom stereocenters. The van der Waals surface area contributed by atoms with Gasteiger partial charge in [0.05, 0.1) is 29.4 Å². The number of carbonyl (C=O) groups is 8. The Morgan fingerprint density at radius 1 is 0.807 bits per heavy atom. The number of aryl methyl sites for hydroxylation is 2. The number of ketones is 1. The van der Waals surface area contributed by atoms with Crippen LogP contribution in [0, 0.1) is 29.9 Å². The number of benzene rings is 2. The zero-order valence-electron chi connectivity index (χ0n) is 31.9. The molecule has 0 aliphatic carbocycles. The van der Waals surface area contributed by atoms with Crippen molar-refractivity contribution in [2.24, 2.45) is 5.92 Å². The quantitative estimate of drug-likeness (QED) is 0.0459. The topological polar surface area (TPSA) is 318 Å². The number of nitrogens with one attached hydrogen (secondary N) is 4. The number of ether oxygens (including phenoxy) is 1. The highest BCUT2D eigenvalue weighted by atomic mass is 16.6. The summed E-state index contributed by atoms with van der Waals surface area (Å²) in [5.74, 6) is -9.77. The van der Waals surface area contributed by atoms with Crippen LogP contribution in [0.3, 0.4) is 0 Å². The lowest BCUT2D eigenvalue weighted by Gasteiger charge is -2.27. The number of carboxylic acid groups (broad SMARTS) is 2. The van der Waals surface area contributed by atoms with Gasteiger partial charge in [0.2, 0.25) is 23.6 Å². The first-order chi connectivity index (χ1) is 26.6. The highest BCUT2D eigenvalue weighted by Crippen LogP contribution is 2.26. The molecule has 0 saturated heterocycles. The summed E-state index contributed by atoms with van der Waals surface area (Å²) < 4.78 is 5.10. The Balaban J connectivity index is 2.24. The van der Waals surface area contributed by atoms with Crippen LogP contribution in [-0.2, 0) is 44.7 Å². The molecule has 310 valence electrons. The Labute approximate surface area is 326 Å². The van der Waals surface area contributed by atoms with E-state index in [-0.39, 0.29) is 23.5 Å². The van der Waals surface area contributed by atoms with E-state index in [9.17, 15) is 68.9 Å². The Morgan fingerprint density at radius 2 is 1.40 bits per heavy atom. The molecule has 0 fully saturated rings. The lowest BCUT2D eigenvalue weighted by atomic mass is 10.0. The van der Waals surface area contributed by atoms with Crippen LogP contribution in [0.5, 0.6) is 5.75 Å². The normalized spacial score (nSPS) is 13.5. The number of aliphatic hydroxyl groups is 1. The monoisotopic (exact) mass is 801 g/mol. The van der Waals surface area contributed by atoms with E-state index < -0.39 is 126 Å². The molecule has 4 amide bonds. The van der Waals surface area contributed by atoms with E-state index in [0.29, 0.717) is 11.1 Å². The Kier molecular flexibility index (Phi) is 17.7. The number of hydrogen-bond acceptors (Lipinski definition) is 13. The maximum atomic E-state index is 13.5. The van der Waals surface area contributed by atoms with Crippen LogP contribution in [0.25, 0.3) is 0 Å². The van der Waals surface area contributed by atoms with E-state index in [2.05, 4.69) is 21.3 Å². The third kappa shape index (κ3) is 15.0. The number of carbonyl (C=O) groups excluding carboxylic acids is 6. The summed E-state index contributed by atoms with van der Waals surface area (Å²) in [6.45, 7) is 6.85. The van der Waals surface area contributed by atoms with E-state index in [4.69, 9.17) is 4.74 Å². The number of amides is 4. The summed E-state index contributed by atoms with van der Waals surface area (Å²) >= 11 is 0. The Bertz CT molecular complexity index is 1840. The van der Waals surface area contributed by atoms with Gasteiger partial charge in [-0.15, -0.1) is 0 Å². The van der Waals surface area contributed by atoms with Gasteiger partial charge in [-0.25, -0.2) is 4.79 Å². The van der Waals surface area contributed by atoms with Crippen molar-refractivity contribution in [1.29, 1.82) is 0 Å². The minimum absolute atomic E-state index is 0.0120. The SMILES string of the molecule is Cc1cccc(C)c1C(=O)OCC(=O)[C@H](CC(=O)O)NC(=O)[C@@H](NC(=O)[C@H](CCC(=O)O)NC(=O)[C@H](CC(C)C)NC(=O)Cc1ccc(O)c([N+](=O)[O-])c1)C(C)O. The largest absolute Gasteiger partial charge is 0.502 e. The number of nitrogens with zero attached hydrogens (tertiary/aromatic N) is 1. The zero-order valence-corrected chi connectivity index (χ0v) is 31.9. The fraction of sp³-hybridized carbons (Fsp3) is 0.459. The second kappa shape index (κ2) is 21.6. The highest BCUT2D eigenvalue weighted by molar-refractivity contribution is 5.99. The van der Waals surface area contributed by atoms with E-state index >= 15 is 0 Å². The standard InChI is InChI=1S/C37H47N5O15/c1-18(2)13-25(38-29(46)15-22-9-11-27(44)26(14-22)42(55)56)35(52)39-23(10-12-30(47)48)34(51)41-33(21(5)43)36(53)40-24(16-31(49)50)28(45)17-57-37(54)32-19(3)7-6-8-20(32)4/h6-9,11,14,18,21,23-25,33,43-44H,10,12-13,15-17H2,1-5H3,(H,38,46)(H,39,52)(H,40,53)(H,41,51)(H,47,48)(H,49,50)/t21?,23-,24-,25-,33-/m0/s1. The summed E-state index contributed by atoms with van der Waals surface area (Å²) in [6.07, 6.45) is -4.31. The lowest BCUT2D eigenvalue weighted by molar-refractivity contribution is -0.385. The minimum Gasteiger partial charge on any atom is -0.502 e. The highest BCUT2D eigenvalue weighted by Gasteiger charge is 2.35. The maximum absolute atomic E-state index is 13.5. The summed E-state index contributed by atoms with van der Waals surface area (Å²) in [5, 5.41) is 59.2. The number of Topliss-reactive ketones (excluding diaryl/α,β-unsaturated/α-hetero) is 1. The molecule has 0 aliphatic rings. The molecule has 0 heterocycles. The van der Waals surface area contributed by atoms with E-state index in [0.717, 1.165) is 19.1 Å². The molecule has 0 spiro atoms. The fourth-order valence-electron chi connectivity index (χ4n) is 5.55. The molecule has 0 bridgehead atoms. The zero-order chi connectivity index (χ0) is 43.1. The van der Waals surface area contributed by atoms with Gasteiger partial charge in [0, 0.05) is 12.5 Å². The first kappa shape index (κ1) is 46.7. The van der Waals surface area contributed by atoms with Crippen molar-refractivity contribution in [3.63, 3.8) is 0 Å². The molecule has 0 radical (unpaired) electrons. The average molecular weight is 802 g/mol. The van der Waals surface area contributed by atoms with Crippen LogP contribution in [0.4, 0.5) is 5.69 Å². The van der Waals surface area contributed by atoms with Gasteiger partial charge in [-0.05, 0) is 62.3 Å². The Morgan fingerprint density at radius 3 is 1.95 bits per heavy atom. The molecule has 1 unspecified atom stereocenters. The number of carboxylic acids is 2. The van der Waals surface area contributed by atoms with Gasteiger partial charge in [-0.2, -0.15) is 0 Å². The van der Waals surface area contributed by atoms with Crippen molar-refractivity contribution in [1.82, 2.24) is 21.3 Å². The number of hydrogen-bond donors (Lipinski definition) is 8. The molecule has 20 heteroatoms. The second-order valence-electron chi connectivity index (χ2n) is 13.7. The number of aromatic hydroxyl groups is 1. The van der Waals surface area contributed by atoms with E-state index in [1.54, 1.807) is 45.9 Å². The van der Waals surface area contributed by atoms with Crippen molar-refractivity contribution < 1.29 is 68.4 Å². The first-order valence-corrected chi connectivity index (χ1v) is 17.7. The molecule has 2 rings (SSSR count). The summed E-state index contributed by atoms with van der Waals surface area (Å²) in [6, 6.07) is 1.60. The van der Waals surface area contributed by atoms with E-state index in [1.807, 2.05) is 0 Å². The molecule has 0 saturated carbocycles. The molecule has 2 aromatic carbocycles. The van der Waals surface area contributed by atoms with Gasteiger partial charge in [0.15, 0.2) is 18.1 Å². The van der Waals surface area contributed by atoms with Crippen LogP contribution in [0.2, 0.25) is 0 Å². The predicted molar refractivity (Wildman–Crippen MR) is 198 cm³/mol. The molecular formula is C37H47N5O15. The fourth-order valence-corrected chi connectivity index (χ4v) is 5.55. The molecular weight excluding hydrogens is 754 g/mol. The van der Waals surface area contributed by atoms with E-state index in [1.165, 1.54) is 6.07 Å². The Hall–Kier alpha value is -6.44. The van der Waals surface area contributed by atoms with Crippen molar-refractivity contribution in [3.8, 4) is 5.75 Å². The van der Waals surface area contributed by atoms with Crippen molar-refractivity contribution in [2.45, 2.75) is 97.0 Å². The van der Waals surface area contributed by atoms with Gasteiger partial charge < -0.3 is 46.4 Å². The molecule has 20 nitrogen and oxygen atoms in total. The molecule has 0 aromatic heterocycles. The van der Waals surface area contributed by atoms with Gasteiger partial charge in [-0.1, -0.05) is 38.1 Å². The number of phenolic OH excluding ortho intramolecular Hbond substituents is 1. The van der Waals surface area contributed by atoms with Crippen molar-refractivity contribution in [3.05, 3.63) is 68.8 Å². The number of aliphatic carboxylic acids is 2. The molecule has 2 aromatic rings. The van der Waals surface area contributed by atoms with Crippen LogP contribution < -0.4 is 21.3 Å². The maximum Gasteiger partial charge on any atom is 0.339 e. The van der Waals surface area contributed by atoms with Gasteiger partial charge in [0.1, 0.15) is 24.2 Å². The smallest absolute Gasteiger partial charge is 0.339 e. The van der Waals surface area contributed by atoms with Gasteiger partial charge in [0.25, 0.3) is 0 Å².